The molecule has 11 heteroatoms. The van der Waals surface area contributed by atoms with Gasteiger partial charge in [0.15, 0.2) is 0 Å². The zero-order chi connectivity index (χ0) is 22.7. The van der Waals surface area contributed by atoms with Gasteiger partial charge in [-0.05, 0) is 19.9 Å². The van der Waals surface area contributed by atoms with Crippen LogP contribution in [0.4, 0.5) is 11.6 Å². The van der Waals surface area contributed by atoms with Crippen LogP contribution in [0.1, 0.15) is 31.6 Å². The van der Waals surface area contributed by atoms with Crippen molar-refractivity contribution in [1.82, 2.24) is 24.3 Å². The Morgan fingerprint density at radius 1 is 1.25 bits per heavy atom. The molecule has 1 saturated heterocycles. The lowest BCUT2D eigenvalue weighted by molar-refractivity contribution is -0.0813. The van der Waals surface area contributed by atoms with Crippen LogP contribution in [0.25, 0.3) is 11.0 Å². The summed E-state index contributed by atoms with van der Waals surface area (Å²) in [7, 11) is 3.29. The number of ether oxygens (including phenoxy) is 4. The van der Waals surface area contributed by atoms with Crippen molar-refractivity contribution in [3.05, 3.63) is 24.2 Å². The Balaban J connectivity index is 1.67. The van der Waals surface area contributed by atoms with Crippen LogP contribution in [0.3, 0.4) is 0 Å². The van der Waals surface area contributed by atoms with E-state index in [1.807, 2.05) is 24.6 Å². The summed E-state index contributed by atoms with van der Waals surface area (Å²) in [5, 5.41) is 18.1. The number of methoxy groups -OCH3 is 2. The maximum atomic E-state index is 9.57. The van der Waals surface area contributed by atoms with E-state index in [0.717, 1.165) is 5.39 Å². The average Bonchev–Trinajstić information content (AvgIpc) is 3.32. The molecule has 0 aromatic carbocycles. The lowest BCUT2D eigenvalue weighted by atomic mass is 10.3. The Morgan fingerprint density at radius 2 is 2.00 bits per heavy atom. The van der Waals surface area contributed by atoms with E-state index in [4.69, 9.17) is 18.9 Å². The first-order valence-corrected chi connectivity index (χ1v) is 10.4. The van der Waals surface area contributed by atoms with Gasteiger partial charge >= 0.3 is 0 Å². The van der Waals surface area contributed by atoms with Gasteiger partial charge in [-0.15, -0.1) is 5.10 Å². The summed E-state index contributed by atoms with van der Waals surface area (Å²) >= 11 is 0. The van der Waals surface area contributed by atoms with Crippen LogP contribution in [-0.2, 0) is 14.2 Å². The van der Waals surface area contributed by atoms with Crippen LogP contribution in [-0.4, -0.2) is 71.1 Å². The number of hydrogen-bond donors (Lipinski definition) is 1. The summed E-state index contributed by atoms with van der Waals surface area (Å²) in [6, 6.07) is 3.96. The molecule has 0 spiro atoms. The Labute approximate surface area is 185 Å². The molecule has 0 radical (unpaired) electrons. The number of nitrogens with one attached hydrogen (secondary N) is 1. The van der Waals surface area contributed by atoms with Crippen molar-refractivity contribution in [2.45, 2.75) is 32.0 Å². The van der Waals surface area contributed by atoms with Gasteiger partial charge in [-0.2, -0.15) is 10.2 Å². The Kier molecular flexibility index (Phi) is 6.55. The second kappa shape index (κ2) is 9.52. The zero-order valence-corrected chi connectivity index (χ0v) is 18.6. The molecule has 4 rings (SSSR count). The van der Waals surface area contributed by atoms with Crippen molar-refractivity contribution in [2.24, 2.45) is 0 Å². The normalized spacial score (nSPS) is 15.8. The molecular weight excluding hydrogens is 414 g/mol. The molecule has 3 aromatic rings. The molecule has 11 nitrogen and oxygen atoms in total. The van der Waals surface area contributed by atoms with Gasteiger partial charge in [0.25, 0.3) is 5.88 Å². The summed E-state index contributed by atoms with van der Waals surface area (Å²) in [5.41, 5.74) is 1.80. The molecule has 1 aliphatic heterocycles. The van der Waals surface area contributed by atoms with Gasteiger partial charge < -0.3 is 28.8 Å². The van der Waals surface area contributed by atoms with Crippen molar-refractivity contribution >= 4 is 22.7 Å². The van der Waals surface area contributed by atoms with Gasteiger partial charge in [0, 0.05) is 25.8 Å². The van der Waals surface area contributed by atoms with Gasteiger partial charge in [-0.1, -0.05) is 0 Å². The lowest BCUT2D eigenvalue weighted by Crippen LogP contribution is -2.38. The van der Waals surface area contributed by atoms with E-state index >= 15 is 0 Å². The van der Waals surface area contributed by atoms with E-state index in [9.17, 15) is 5.26 Å². The maximum absolute atomic E-state index is 9.57. The van der Waals surface area contributed by atoms with E-state index in [2.05, 4.69) is 26.5 Å². The minimum Gasteiger partial charge on any atom is -0.467 e. The molecule has 1 fully saturated rings. The van der Waals surface area contributed by atoms with Crippen LogP contribution < -0.4 is 10.1 Å². The van der Waals surface area contributed by atoms with E-state index in [-0.39, 0.29) is 18.2 Å². The van der Waals surface area contributed by atoms with E-state index in [1.165, 1.54) is 0 Å². The zero-order valence-electron chi connectivity index (χ0n) is 18.6. The largest absolute Gasteiger partial charge is 0.467 e. The van der Waals surface area contributed by atoms with Gasteiger partial charge in [0.05, 0.1) is 44.7 Å². The molecule has 0 unspecified atom stereocenters. The molecule has 4 heterocycles. The number of fused-ring (bicyclic) bond motifs is 1. The quantitative estimate of drug-likeness (QED) is 0.505. The first-order valence-electron chi connectivity index (χ1n) is 10.4. The molecule has 32 heavy (non-hydrogen) atoms. The number of rotatable bonds is 10. The summed E-state index contributed by atoms with van der Waals surface area (Å²) in [6.07, 6.45) is 3.50. The summed E-state index contributed by atoms with van der Waals surface area (Å²) in [5.74, 6) is 0.824. The number of hydrogen-bond acceptors (Lipinski definition) is 9. The van der Waals surface area contributed by atoms with Gasteiger partial charge in [-0.3, -0.25) is 4.68 Å². The molecule has 170 valence electrons. The first kappa shape index (κ1) is 22.0. The van der Waals surface area contributed by atoms with Crippen LogP contribution in [0.5, 0.6) is 5.88 Å². The molecule has 1 N–H and O–H groups in total. The van der Waals surface area contributed by atoms with Crippen LogP contribution in [0.2, 0.25) is 0 Å². The van der Waals surface area contributed by atoms with Crippen LogP contribution >= 0.6 is 0 Å². The Morgan fingerprint density at radius 3 is 2.66 bits per heavy atom. The molecular formula is C21H27N7O4. The van der Waals surface area contributed by atoms with Crippen molar-refractivity contribution in [3.63, 3.8) is 0 Å². The molecule has 3 aromatic heterocycles. The van der Waals surface area contributed by atoms with E-state index in [0.29, 0.717) is 55.3 Å². The summed E-state index contributed by atoms with van der Waals surface area (Å²) in [6.45, 7) is 6.02. The third kappa shape index (κ3) is 4.38. The third-order valence-electron chi connectivity index (χ3n) is 5.23. The predicted octanol–water partition coefficient (Wildman–Crippen LogP) is 2.44. The Bertz CT molecular complexity index is 1120. The molecule has 0 saturated carbocycles. The van der Waals surface area contributed by atoms with Crippen molar-refractivity contribution in [2.75, 3.05) is 46.0 Å². The molecule has 1 aliphatic rings. The topological polar surface area (TPSA) is 121 Å². The number of anilines is 2. The van der Waals surface area contributed by atoms with Crippen LogP contribution in [0.15, 0.2) is 18.5 Å². The minimum absolute atomic E-state index is 0.0178. The fraction of sp³-hybridized carbons (Fsp3) is 0.524. The smallest absolute Gasteiger partial charge is 0.257 e. The monoisotopic (exact) mass is 441 g/mol. The highest BCUT2D eigenvalue weighted by Gasteiger charge is 2.25. The summed E-state index contributed by atoms with van der Waals surface area (Å²) < 4.78 is 25.4. The van der Waals surface area contributed by atoms with Gasteiger partial charge in [0.2, 0.25) is 5.95 Å². The molecule has 0 aliphatic carbocycles. The lowest BCUT2D eigenvalue weighted by Gasteiger charge is -2.26. The number of nitriles is 1. The highest BCUT2D eigenvalue weighted by molar-refractivity contribution is 5.79. The molecule has 2 atom stereocenters. The molecule has 0 bridgehead atoms. The molecule has 0 amide bonds. The van der Waals surface area contributed by atoms with E-state index < -0.39 is 0 Å². The number of nitrogens with zero attached hydrogens (tertiary/aromatic N) is 6. The minimum atomic E-state index is -0.0648. The van der Waals surface area contributed by atoms with Crippen LogP contribution in [0, 0.1) is 11.3 Å². The first-order chi connectivity index (χ1) is 15.5. The SMILES string of the molecule is COC[C@@H](C)n1cc(Nc2ncc3cc(C#N)n([C@@H](C)COC)c3n2)c(OC2COC2)n1. The van der Waals surface area contributed by atoms with Crippen molar-refractivity contribution in [3.8, 4) is 11.9 Å². The van der Waals surface area contributed by atoms with Gasteiger partial charge in [0.1, 0.15) is 29.2 Å². The highest BCUT2D eigenvalue weighted by atomic mass is 16.6. The standard InChI is InChI=1S/C21H27N7O4/c1-13(9-29-3)27-8-18(20(26-27)32-17-11-31-12-17)24-21-23-7-15-5-16(6-22)28(19(15)25-21)14(2)10-30-4/h5,7-8,13-14,17H,9-12H2,1-4H3,(H,23,24,25)/t13-,14+/m1/s1. The van der Waals surface area contributed by atoms with E-state index in [1.54, 1.807) is 31.2 Å². The van der Waals surface area contributed by atoms with Gasteiger partial charge in [-0.25, -0.2) is 4.98 Å². The Hall–Kier alpha value is -3.20. The maximum Gasteiger partial charge on any atom is 0.257 e. The summed E-state index contributed by atoms with van der Waals surface area (Å²) in [4.78, 5) is 9.10. The third-order valence-corrected chi connectivity index (χ3v) is 5.23. The second-order valence-electron chi connectivity index (χ2n) is 7.82. The fourth-order valence-electron chi connectivity index (χ4n) is 3.57. The predicted molar refractivity (Wildman–Crippen MR) is 116 cm³/mol. The van der Waals surface area contributed by atoms with Crippen molar-refractivity contribution < 1.29 is 18.9 Å². The second-order valence-corrected chi connectivity index (χ2v) is 7.82. The highest BCUT2D eigenvalue weighted by Crippen LogP contribution is 2.30. The average molecular weight is 441 g/mol. The fourth-order valence-corrected chi connectivity index (χ4v) is 3.57. The number of aromatic nitrogens is 5. The van der Waals surface area contributed by atoms with Crippen molar-refractivity contribution in [1.29, 1.82) is 5.26 Å².